The number of thiazole rings is 1. The quantitative estimate of drug-likeness (QED) is 0.383. The van der Waals surface area contributed by atoms with Crippen molar-refractivity contribution in [2.75, 3.05) is 21.3 Å². The Morgan fingerprint density at radius 1 is 0.938 bits per heavy atom. The van der Waals surface area contributed by atoms with E-state index in [0.717, 1.165) is 22.0 Å². The molecule has 1 N–H and O–H groups in total. The number of phenols is 1. The second-order valence-electron chi connectivity index (χ2n) is 6.52. The molecule has 0 atom stereocenters. The Morgan fingerprint density at radius 2 is 1.66 bits per heavy atom. The van der Waals surface area contributed by atoms with Crippen LogP contribution >= 0.6 is 22.7 Å². The van der Waals surface area contributed by atoms with Crippen LogP contribution in [0.1, 0.15) is 5.56 Å². The number of benzene rings is 2. The van der Waals surface area contributed by atoms with Gasteiger partial charge in [0.2, 0.25) is 10.6 Å². The van der Waals surface area contributed by atoms with E-state index in [1.54, 1.807) is 41.5 Å². The minimum absolute atomic E-state index is 0.0511. The molecule has 0 aliphatic carbocycles. The van der Waals surface area contributed by atoms with Crippen LogP contribution < -0.4 is 19.0 Å². The first-order valence-electron chi connectivity index (χ1n) is 9.55. The molecule has 4 aromatic rings. The highest BCUT2D eigenvalue weighted by Crippen LogP contribution is 2.36. The summed E-state index contributed by atoms with van der Waals surface area (Å²) in [6, 6.07) is 15.0. The van der Waals surface area contributed by atoms with Gasteiger partial charge in [-0.1, -0.05) is 6.07 Å². The van der Waals surface area contributed by atoms with Crippen LogP contribution in [-0.2, 0) is 0 Å². The molecule has 2 heterocycles. The molecule has 0 radical (unpaired) electrons. The van der Waals surface area contributed by atoms with Crippen LogP contribution in [0.2, 0.25) is 0 Å². The van der Waals surface area contributed by atoms with E-state index in [4.69, 9.17) is 24.3 Å². The molecule has 0 bridgehead atoms. The van der Waals surface area contributed by atoms with E-state index in [9.17, 15) is 5.11 Å². The fourth-order valence-corrected chi connectivity index (χ4v) is 4.61. The number of phenolic OH excluding ortho intramolecular Hbond substituents is 1. The molecule has 0 fully saturated rings. The topological polar surface area (TPSA) is 77.6 Å². The van der Waals surface area contributed by atoms with Gasteiger partial charge >= 0.3 is 0 Å². The summed E-state index contributed by atoms with van der Waals surface area (Å²) in [5, 5.41) is 18.9. The third-order valence-corrected chi connectivity index (χ3v) is 6.29. The van der Waals surface area contributed by atoms with Crippen molar-refractivity contribution in [3.8, 4) is 33.6 Å². The highest BCUT2D eigenvalue weighted by atomic mass is 32.1. The van der Waals surface area contributed by atoms with Crippen LogP contribution in [0.4, 0.5) is 5.69 Å². The molecule has 0 aliphatic rings. The number of aromatic hydroxyl groups is 1. The van der Waals surface area contributed by atoms with Gasteiger partial charge in [-0.3, -0.25) is 0 Å². The lowest BCUT2D eigenvalue weighted by molar-refractivity contribution is 0.340. The summed E-state index contributed by atoms with van der Waals surface area (Å²) in [5.74, 6) is 1.34. The molecule has 0 saturated heterocycles. The summed E-state index contributed by atoms with van der Waals surface area (Å²) >= 11 is 3.13. The van der Waals surface area contributed by atoms with Crippen molar-refractivity contribution in [2.24, 2.45) is 10.1 Å². The smallest absolute Gasteiger partial charge is 0.211 e. The molecule has 2 aromatic heterocycles. The fraction of sp³-hybridized carbons (Fsp3) is 0.130. The standard InChI is InChI=1S/C23H21N3O4S2/c1-28-17-8-6-16(7-9-17)25-23-26(18(14-32-23)21-5-4-10-31-21)24-13-15-11-19(29-2)22(27)20(12-15)30-3/h4-14,27H,1-3H3. The lowest BCUT2D eigenvalue weighted by Crippen LogP contribution is -2.11. The Balaban J connectivity index is 1.80. The van der Waals surface area contributed by atoms with Crippen molar-refractivity contribution in [3.05, 3.63) is 69.7 Å². The lowest BCUT2D eigenvalue weighted by Gasteiger charge is -2.09. The molecular formula is C23H21N3O4S2. The van der Waals surface area contributed by atoms with Crippen molar-refractivity contribution in [3.63, 3.8) is 0 Å². The number of nitrogens with zero attached hydrogens (tertiary/aromatic N) is 3. The highest BCUT2D eigenvalue weighted by molar-refractivity contribution is 7.14. The largest absolute Gasteiger partial charge is 0.502 e. The van der Waals surface area contributed by atoms with Gasteiger partial charge < -0.3 is 19.3 Å². The van der Waals surface area contributed by atoms with Gasteiger partial charge in [0.15, 0.2) is 11.5 Å². The van der Waals surface area contributed by atoms with Crippen LogP contribution in [-0.4, -0.2) is 37.3 Å². The lowest BCUT2D eigenvalue weighted by atomic mass is 10.2. The Bertz CT molecular complexity index is 1260. The van der Waals surface area contributed by atoms with E-state index >= 15 is 0 Å². The maximum Gasteiger partial charge on any atom is 0.211 e. The number of hydrogen-bond donors (Lipinski definition) is 1. The first-order valence-corrected chi connectivity index (χ1v) is 11.3. The van der Waals surface area contributed by atoms with Gasteiger partial charge in [-0.25, -0.2) is 9.67 Å². The number of hydrogen-bond acceptors (Lipinski definition) is 8. The monoisotopic (exact) mass is 467 g/mol. The SMILES string of the molecule is COc1ccc(N=c2scc(-c3cccs3)n2N=Cc2cc(OC)c(O)c(OC)c2)cc1. The van der Waals surface area contributed by atoms with E-state index in [0.29, 0.717) is 21.9 Å². The van der Waals surface area contributed by atoms with Gasteiger partial charge in [-0.2, -0.15) is 5.10 Å². The third kappa shape index (κ3) is 4.53. The van der Waals surface area contributed by atoms with Crippen LogP contribution in [0.15, 0.2) is 69.4 Å². The Kier molecular flexibility index (Phi) is 6.58. The second kappa shape index (κ2) is 9.71. The zero-order chi connectivity index (χ0) is 22.5. The summed E-state index contributed by atoms with van der Waals surface area (Å²) in [7, 11) is 4.61. The summed E-state index contributed by atoms with van der Waals surface area (Å²) in [6.07, 6.45) is 1.68. The predicted octanol–water partition coefficient (Wildman–Crippen LogP) is 5.12. The third-order valence-electron chi connectivity index (χ3n) is 4.58. The Hall–Kier alpha value is -3.56. The number of rotatable bonds is 7. The molecular weight excluding hydrogens is 446 g/mol. The van der Waals surface area contributed by atoms with Crippen LogP contribution in [0.5, 0.6) is 23.0 Å². The van der Waals surface area contributed by atoms with Gasteiger partial charge in [-0.15, -0.1) is 22.7 Å². The van der Waals surface area contributed by atoms with Crippen LogP contribution in [0, 0.1) is 0 Å². The zero-order valence-corrected chi connectivity index (χ0v) is 19.3. The average Bonchev–Trinajstić information content (AvgIpc) is 3.49. The van der Waals surface area contributed by atoms with E-state index in [1.807, 2.05) is 47.2 Å². The summed E-state index contributed by atoms with van der Waals surface area (Å²) in [4.78, 5) is 6.56. The molecule has 0 amide bonds. The van der Waals surface area contributed by atoms with Gasteiger partial charge in [0.1, 0.15) is 5.75 Å². The van der Waals surface area contributed by atoms with Crippen LogP contribution in [0.3, 0.4) is 0 Å². The van der Waals surface area contributed by atoms with E-state index in [2.05, 4.69) is 0 Å². The zero-order valence-electron chi connectivity index (χ0n) is 17.7. The van der Waals surface area contributed by atoms with Crippen molar-refractivity contribution >= 4 is 34.6 Å². The van der Waals surface area contributed by atoms with E-state index < -0.39 is 0 Å². The predicted molar refractivity (Wildman–Crippen MR) is 128 cm³/mol. The van der Waals surface area contributed by atoms with Crippen molar-refractivity contribution in [1.82, 2.24) is 4.68 Å². The summed E-state index contributed by atoms with van der Waals surface area (Å²) < 4.78 is 17.5. The molecule has 0 aliphatic heterocycles. The molecule has 4 rings (SSSR count). The Labute approximate surface area is 193 Å². The first kappa shape index (κ1) is 21.7. The van der Waals surface area contributed by atoms with Gasteiger partial charge in [0, 0.05) is 10.9 Å². The summed E-state index contributed by atoms with van der Waals surface area (Å²) in [5.41, 5.74) is 2.44. The van der Waals surface area contributed by atoms with Crippen molar-refractivity contribution in [1.29, 1.82) is 0 Å². The van der Waals surface area contributed by atoms with Gasteiger partial charge in [0.25, 0.3) is 0 Å². The van der Waals surface area contributed by atoms with Crippen LogP contribution in [0.25, 0.3) is 10.6 Å². The maximum absolute atomic E-state index is 10.2. The molecule has 7 nitrogen and oxygen atoms in total. The first-order chi connectivity index (χ1) is 15.6. The number of aromatic nitrogens is 1. The van der Waals surface area contributed by atoms with Crippen molar-refractivity contribution < 1.29 is 19.3 Å². The minimum Gasteiger partial charge on any atom is -0.502 e. The fourth-order valence-electron chi connectivity index (χ4n) is 2.96. The second-order valence-corrected chi connectivity index (χ2v) is 8.31. The number of methoxy groups -OCH3 is 3. The molecule has 32 heavy (non-hydrogen) atoms. The van der Waals surface area contributed by atoms with Gasteiger partial charge in [-0.05, 0) is 47.8 Å². The highest BCUT2D eigenvalue weighted by Gasteiger charge is 2.12. The molecule has 0 saturated carbocycles. The molecule has 0 spiro atoms. The molecule has 9 heteroatoms. The molecule has 164 valence electrons. The average molecular weight is 468 g/mol. The maximum atomic E-state index is 10.2. The van der Waals surface area contributed by atoms with E-state index in [-0.39, 0.29) is 5.75 Å². The number of thiophene rings is 1. The minimum atomic E-state index is -0.0511. The normalized spacial score (nSPS) is 11.8. The number of ether oxygens (including phenoxy) is 3. The molecule has 2 aromatic carbocycles. The molecule has 0 unspecified atom stereocenters. The van der Waals surface area contributed by atoms with Crippen molar-refractivity contribution in [2.45, 2.75) is 0 Å². The summed E-state index contributed by atoms with van der Waals surface area (Å²) in [6.45, 7) is 0. The van der Waals surface area contributed by atoms with E-state index in [1.165, 1.54) is 25.6 Å². The Morgan fingerprint density at radius 3 is 2.25 bits per heavy atom. The van der Waals surface area contributed by atoms with Gasteiger partial charge in [0.05, 0.1) is 43.8 Å².